The molecule has 0 aromatic heterocycles. The molecule has 44 valence electrons. The van der Waals surface area contributed by atoms with Gasteiger partial charge in [0.2, 0.25) is 0 Å². The van der Waals surface area contributed by atoms with Crippen molar-refractivity contribution < 1.29 is 4.21 Å². The van der Waals surface area contributed by atoms with Gasteiger partial charge < -0.3 is 0 Å². The van der Waals surface area contributed by atoms with Gasteiger partial charge in [-0.2, -0.15) is 0 Å². The van der Waals surface area contributed by atoms with Gasteiger partial charge in [-0.1, -0.05) is 0 Å². The summed E-state index contributed by atoms with van der Waals surface area (Å²) >= 11 is 0. The van der Waals surface area contributed by atoms with E-state index in [0.29, 0.717) is 0 Å². The summed E-state index contributed by atoms with van der Waals surface area (Å²) in [6.07, 6.45) is 0. The summed E-state index contributed by atoms with van der Waals surface area (Å²) in [4.78, 5) is 4.73. The molecule has 8 heavy (non-hydrogen) atoms. The van der Waals surface area contributed by atoms with Gasteiger partial charge in [0.05, 0.1) is 22.0 Å². The summed E-state index contributed by atoms with van der Waals surface area (Å²) in [6.45, 7) is 3.69. The van der Waals surface area contributed by atoms with E-state index >= 15 is 0 Å². The maximum Gasteiger partial charge on any atom is 0.0958 e. The summed E-state index contributed by atoms with van der Waals surface area (Å²) in [6, 6.07) is 0. The van der Waals surface area contributed by atoms with E-state index in [1.165, 1.54) is 5.55 Å². The van der Waals surface area contributed by atoms with Crippen LogP contribution in [0.4, 0.5) is 0 Å². The lowest BCUT2D eigenvalue weighted by Crippen LogP contribution is -1.84. The maximum atomic E-state index is 10.7. The normalized spacial score (nSPS) is 27.5. The van der Waals surface area contributed by atoms with Crippen LogP contribution in [0.1, 0.15) is 13.8 Å². The molecule has 1 atom stereocenters. The van der Waals surface area contributed by atoms with Crippen molar-refractivity contribution in [1.29, 1.82) is 0 Å². The number of allylic oxidation sites excluding steroid dienone is 2. The quantitative estimate of drug-likeness (QED) is 0.480. The molecule has 0 bridgehead atoms. The number of aliphatic imine (C=N–C) groups is 1. The van der Waals surface area contributed by atoms with Gasteiger partial charge >= 0.3 is 0 Å². The Morgan fingerprint density at radius 3 is 2.38 bits per heavy atom. The molecule has 0 radical (unpaired) electrons. The first-order chi connectivity index (χ1) is 3.72. The van der Waals surface area contributed by atoms with Crippen LogP contribution in [0, 0.1) is 0 Å². The van der Waals surface area contributed by atoms with E-state index in [1.807, 2.05) is 13.8 Å². The Bertz CT molecular complexity index is 189. The lowest BCUT2D eigenvalue weighted by Gasteiger charge is -1.85. The standard InChI is InChI=1S/C5H7NOS/c1-4-5(2)8(7)3-6-4/h3H,1-2H3. The second kappa shape index (κ2) is 1.82. The molecule has 1 rings (SSSR count). The molecule has 0 saturated carbocycles. The minimum atomic E-state index is -0.910. The van der Waals surface area contributed by atoms with E-state index in [0.717, 1.165) is 10.6 Å². The van der Waals surface area contributed by atoms with Crippen molar-refractivity contribution >= 4 is 16.3 Å². The molecule has 0 N–H and O–H groups in total. The zero-order valence-electron chi connectivity index (χ0n) is 4.84. The predicted molar refractivity (Wildman–Crippen MR) is 35.0 cm³/mol. The molecule has 1 unspecified atom stereocenters. The summed E-state index contributed by atoms with van der Waals surface area (Å²) in [5.74, 6) is 0. The van der Waals surface area contributed by atoms with Crippen molar-refractivity contribution in [2.75, 3.05) is 0 Å². The van der Waals surface area contributed by atoms with Crippen LogP contribution < -0.4 is 0 Å². The Balaban J connectivity index is 3.02. The highest BCUT2D eigenvalue weighted by atomic mass is 32.2. The van der Waals surface area contributed by atoms with Crippen LogP contribution in [0.25, 0.3) is 0 Å². The lowest BCUT2D eigenvalue weighted by atomic mass is 10.5. The Kier molecular flexibility index (Phi) is 1.29. The van der Waals surface area contributed by atoms with Crippen LogP contribution in [-0.4, -0.2) is 9.76 Å². The van der Waals surface area contributed by atoms with Crippen molar-refractivity contribution in [3.8, 4) is 0 Å². The van der Waals surface area contributed by atoms with Crippen LogP contribution in [0.15, 0.2) is 15.6 Å². The fraction of sp³-hybridized carbons (Fsp3) is 0.400. The van der Waals surface area contributed by atoms with Crippen LogP contribution in [0.2, 0.25) is 0 Å². The smallest absolute Gasteiger partial charge is 0.0958 e. The van der Waals surface area contributed by atoms with Crippen molar-refractivity contribution in [2.24, 2.45) is 4.99 Å². The minimum Gasteiger partial charge on any atom is -0.251 e. The fourth-order valence-electron chi connectivity index (χ4n) is 0.442. The molecule has 0 fully saturated rings. The van der Waals surface area contributed by atoms with Gasteiger partial charge in [0.1, 0.15) is 0 Å². The van der Waals surface area contributed by atoms with Gasteiger partial charge in [-0.05, 0) is 13.8 Å². The first kappa shape index (κ1) is 5.69. The molecule has 0 spiro atoms. The average molecular weight is 129 g/mol. The molecule has 1 heterocycles. The number of hydrogen-bond donors (Lipinski definition) is 0. The fourth-order valence-corrected chi connectivity index (χ4v) is 1.20. The SMILES string of the molecule is CC1=C(C)S(=O)C=N1. The summed E-state index contributed by atoms with van der Waals surface area (Å²) in [5, 5.41) is 0. The first-order valence-electron chi connectivity index (χ1n) is 2.34. The molecule has 1 aliphatic heterocycles. The van der Waals surface area contributed by atoms with E-state index in [9.17, 15) is 4.21 Å². The molecule has 3 heteroatoms. The van der Waals surface area contributed by atoms with Crippen LogP contribution >= 0.6 is 0 Å². The number of rotatable bonds is 0. The molecule has 1 aliphatic rings. The average Bonchev–Trinajstić information content (AvgIpc) is 1.98. The second-order valence-corrected chi connectivity index (χ2v) is 3.09. The van der Waals surface area contributed by atoms with E-state index in [4.69, 9.17) is 0 Å². The highest BCUT2D eigenvalue weighted by Crippen LogP contribution is 2.13. The van der Waals surface area contributed by atoms with Gasteiger partial charge in [0.15, 0.2) is 0 Å². The Morgan fingerprint density at radius 1 is 1.62 bits per heavy atom. The van der Waals surface area contributed by atoms with Gasteiger partial charge in [0, 0.05) is 4.91 Å². The third-order valence-electron chi connectivity index (χ3n) is 1.15. The van der Waals surface area contributed by atoms with Gasteiger partial charge in [-0.15, -0.1) is 0 Å². The molecular formula is C5H7NOS. The molecule has 0 aliphatic carbocycles. The predicted octanol–water partition coefficient (Wildman–Crippen LogP) is 1.03. The Labute approximate surface area is 50.8 Å². The monoisotopic (exact) mass is 129 g/mol. The highest BCUT2D eigenvalue weighted by molar-refractivity contribution is 8.02. The van der Waals surface area contributed by atoms with Crippen molar-refractivity contribution in [1.82, 2.24) is 0 Å². The lowest BCUT2D eigenvalue weighted by molar-refractivity contribution is 0.693. The van der Waals surface area contributed by atoms with Crippen molar-refractivity contribution in [3.63, 3.8) is 0 Å². The minimum absolute atomic E-state index is 0.880. The van der Waals surface area contributed by atoms with Gasteiger partial charge in [0.25, 0.3) is 0 Å². The molecule has 0 aromatic rings. The van der Waals surface area contributed by atoms with E-state index in [2.05, 4.69) is 4.99 Å². The topological polar surface area (TPSA) is 29.4 Å². The molecule has 0 saturated heterocycles. The Hall–Kier alpha value is -0.440. The summed E-state index contributed by atoms with van der Waals surface area (Å²) < 4.78 is 10.7. The van der Waals surface area contributed by atoms with E-state index in [1.54, 1.807) is 0 Å². The largest absolute Gasteiger partial charge is 0.251 e. The number of nitrogens with zero attached hydrogens (tertiary/aromatic N) is 1. The summed E-state index contributed by atoms with van der Waals surface area (Å²) in [5.41, 5.74) is 2.35. The van der Waals surface area contributed by atoms with Gasteiger partial charge in [-0.3, -0.25) is 4.99 Å². The summed E-state index contributed by atoms with van der Waals surface area (Å²) in [7, 11) is -0.910. The molecule has 0 amide bonds. The van der Waals surface area contributed by atoms with Crippen molar-refractivity contribution in [2.45, 2.75) is 13.8 Å². The first-order valence-corrected chi connectivity index (χ1v) is 3.55. The third-order valence-corrected chi connectivity index (χ3v) is 2.35. The van der Waals surface area contributed by atoms with Crippen LogP contribution in [0.3, 0.4) is 0 Å². The molecule has 0 aromatic carbocycles. The van der Waals surface area contributed by atoms with E-state index < -0.39 is 10.8 Å². The zero-order valence-corrected chi connectivity index (χ0v) is 5.66. The third kappa shape index (κ3) is 0.733. The molecular weight excluding hydrogens is 122 g/mol. The zero-order chi connectivity index (χ0) is 6.15. The van der Waals surface area contributed by atoms with Gasteiger partial charge in [-0.25, -0.2) is 4.21 Å². The van der Waals surface area contributed by atoms with Crippen LogP contribution in [0.5, 0.6) is 0 Å². The van der Waals surface area contributed by atoms with E-state index in [-0.39, 0.29) is 0 Å². The van der Waals surface area contributed by atoms with Crippen LogP contribution in [-0.2, 0) is 10.8 Å². The molecule has 2 nitrogen and oxygen atoms in total. The Morgan fingerprint density at radius 2 is 2.25 bits per heavy atom. The van der Waals surface area contributed by atoms with Crippen molar-refractivity contribution in [3.05, 3.63) is 10.6 Å². The second-order valence-electron chi connectivity index (χ2n) is 1.67. The number of hydrogen-bond acceptors (Lipinski definition) is 2. The highest BCUT2D eigenvalue weighted by Gasteiger charge is 2.07. The maximum absolute atomic E-state index is 10.7.